The Morgan fingerprint density at radius 2 is 2.00 bits per heavy atom. The number of carbonyl (C=O) groups is 1. The Kier molecular flexibility index (Phi) is 3.42. The van der Waals surface area contributed by atoms with Gasteiger partial charge >= 0.3 is 5.97 Å². The smallest absolute Gasteiger partial charge is 0.341 e. The van der Waals surface area contributed by atoms with Gasteiger partial charge in [-0.3, -0.25) is 4.98 Å². The van der Waals surface area contributed by atoms with Gasteiger partial charge in [-0.05, 0) is 30.3 Å². The molecule has 8 heteroatoms. The molecule has 0 atom stereocenters. The summed E-state index contributed by atoms with van der Waals surface area (Å²) in [5.41, 5.74) is 1.75. The number of carboxylic acids is 1. The number of ether oxygens (including phenoxy) is 1. The van der Waals surface area contributed by atoms with E-state index in [0.717, 1.165) is 16.8 Å². The first kappa shape index (κ1) is 14.9. The average Bonchev–Trinajstić information content (AvgIpc) is 3.07. The van der Waals surface area contributed by atoms with Crippen molar-refractivity contribution in [3.8, 4) is 5.75 Å². The Hall–Kier alpha value is -3.68. The van der Waals surface area contributed by atoms with Crippen LogP contribution >= 0.6 is 0 Å². The fourth-order valence-electron chi connectivity index (χ4n) is 2.60. The van der Waals surface area contributed by atoms with Crippen LogP contribution in [0.1, 0.15) is 10.4 Å². The lowest BCUT2D eigenvalue weighted by atomic mass is 10.2. The fourth-order valence-corrected chi connectivity index (χ4v) is 2.60. The summed E-state index contributed by atoms with van der Waals surface area (Å²) in [5.74, 6) is 0.186. The lowest BCUT2D eigenvalue weighted by Crippen LogP contribution is -2.03. The average molecular weight is 335 g/mol. The Balaban J connectivity index is 1.90. The number of aromatic carboxylic acids is 1. The van der Waals surface area contributed by atoms with Crippen molar-refractivity contribution in [1.29, 1.82) is 0 Å². The minimum atomic E-state index is -1.08. The molecule has 0 spiro atoms. The molecule has 4 rings (SSSR count). The molecule has 124 valence electrons. The topological polar surface area (TPSA) is 102 Å². The first-order valence-electron chi connectivity index (χ1n) is 7.43. The van der Waals surface area contributed by atoms with Crippen LogP contribution in [0.15, 0.2) is 48.9 Å². The maximum atomic E-state index is 11.4. The van der Waals surface area contributed by atoms with Gasteiger partial charge in [-0.2, -0.15) is 5.10 Å². The molecule has 8 nitrogen and oxygen atoms in total. The molecule has 0 amide bonds. The van der Waals surface area contributed by atoms with Crippen LogP contribution in [0, 0.1) is 0 Å². The van der Waals surface area contributed by atoms with E-state index in [9.17, 15) is 9.90 Å². The van der Waals surface area contributed by atoms with Crippen molar-refractivity contribution in [2.24, 2.45) is 0 Å². The van der Waals surface area contributed by atoms with Crippen molar-refractivity contribution in [2.45, 2.75) is 0 Å². The molecular formula is C17H13N5O3. The van der Waals surface area contributed by atoms with Crippen molar-refractivity contribution in [1.82, 2.24) is 19.6 Å². The second-order valence-corrected chi connectivity index (χ2v) is 5.31. The monoisotopic (exact) mass is 335 g/mol. The number of nitrogens with zero attached hydrogens (tertiary/aromatic N) is 4. The molecule has 0 bridgehead atoms. The van der Waals surface area contributed by atoms with E-state index in [-0.39, 0.29) is 11.2 Å². The quantitative estimate of drug-likeness (QED) is 0.591. The molecular weight excluding hydrogens is 322 g/mol. The molecule has 4 aromatic rings. The van der Waals surface area contributed by atoms with Crippen molar-refractivity contribution in [2.75, 3.05) is 12.4 Å². The minimum absolute atomic E-state index is 0.0310. The van der Waals surface area contributed by atoms with Gasteiger partial charge in [0, 0.05) is 17.3 Å². The maximum Gasteiger partial charge on any atom is 0.341 e. The summed E-state index contributed by atoms with van der Waals surface area (Å²) in [6.07, 6.45) is 4.56. The number of methoxy groups -OCH3 is 1. The van der Waals surface area contributed by atoms with Crippen molar-refractivity contribution >= 4 is 34.0 Å². The number of anilines is 2. The van der Waals surface area contributed by atoms with E-state index in [1.165, 1.54) is 10.7 Å². The van der Waals surface area contributed by atoms with Crippen molar-refractivity contribution in [3.05, 3.63) is 54.5 Å². The molecule has 0 saturated carbocycles. The number of benzene rings is 1. The van der Waals surface area contributed by atoms with Gasteiger partial charge in [0.25, 0.3) is 0 Å². The fraction of sp³-hybridized carbons (Fsp3) is 0.0588. The number of nitrogens with one attached hydrogen (secondary N) is 1. The van der Waals surface area contributed by atoms with Crippen LogP contribution in [0.2, 0.25) is 0 Å². The number of aromatic nitrogens is 4. The Bertz CT molecular complexity index is 1090. The van der Waals surface area contributed by atoms with Crippen LogP contribution in [0.4, 0.5) is 11.5 Å². The normalized spacial score (nSPS) is 10.9. The van der Waals surface area contributed by atoms with Gasteiger partial charge in [0.2, 0.25) is 0 Å². The summed E-state index contributed by atoms with van der Waals surface area (Å²) in [6, 6.07) is 9.16. The molecule has 1 aromatic carbocycles. The van der Waals surface area contributed by atoms with E-state index in [1.54, 1.807) is 25.6 Å². The van der Waals surface area contributed by atoms with Crippen LogP contribution in [-0.2, 0) is 0 Å². The van der Waals surface area contributed by atoms with Crippen LogP contribution in [0.25, 0.3) is 16.6 Å². The molecule has 0 aliphatic heterocycles. The zero-order chi connectivity index (χ0) is 17.4. The number of pyridine rings is 1. The highest BCUT2D eigenvalue weighted by Crippen LogP contribution is 2.27. The Labute approximate surface area is 141 Å². The van der Waals surface area contributed by atoms with Gasteiger partial charge in [0.1, 0.15) is 17.1 Å². The highest BCUT2D eigenvalue weighted by Gasteiger charge is 2.17. The Morgan fingerprint density at radius 3 is 2.72 bits per heavy atom. The van der Waals surface area contributed by atoms with E-state index in [0.29, 0.717) is 11.3 Å². The van der Waals surface area contributed by atoms with E-state index in [2.05, 4.69) is 20.4 Å². The second-order valence-electron chi connectivity index (χ2n) is 5.31. The van der Waals surface area contributed by atoms with Crippen molar-refractivity contribution in [3.63, 3.8) is 0 Å². The third-order valence-corrected chi connectivity index (χ3v) is 3.83. The summed E-state index contributed by atoms with van der Waals surface area (Å²) in [4.78, 5) is 20.0. The van der Waals surface area contributed by atoms with E-state index < -0.39 is 5.97 Å². The number of hydrogen-bond donors (Lipinski definition) is 2. The van der Waals surface area contributed by atoms with E-state index >= 15 is 0 Å². The zero-order valence-corrected chi connectivity index (χ0v) is 13.2. The summed E-state index contributed by atoms with van der Waals surface area (Å²) in [5, 5.41) is 17.5. The van der Waals surface area contributed by atoms with Gasteiger partial charge in [-0.15, -0.1) is 0 Å². The van der Waals surface area contributed by atoms with E-state index in [1.807, 2.05) is 24.3 Å². The SMILES string of the molecule is COc1ccc(Nc2nc3c(C(=O)O)cnn3c3cnccc23)cc1. The van der Waals surface area contributed by atoms with E-state index in [4.69, 9.17) is 4.74 Å². The largest absolute Gasteiger partial charge is 0.497 e. The minimum Gasteiger partial charge on any atom is -0.497 e. The molecule has 25 heavy (non-hydrogen) atoms. The van der Waals surface area contributed by atoms with Crippen LogP contribution in [0.5, 0.6) is 5.75 Å². The van der Waals surface area contributed by atoms with Crippen LogP contribution in [0.3, 0.4) is 0 Å². The first-order chi connectivity index (χ1) is 12.2. The lowest BCUT2D eigenvalue weighted by molar-refractivity contribution is 0.0699. The lowest BCUT2D eigenvalue weighted by Gasteiger charge is -2.11. The molecule has 0 saturated heterocycles. The van der Waals surface area contributed by atoms with Gasteiger partial charge in [0.05, 0.1) is 25.0 Å². The van der Waals surface area contributed by atoms with Crippen LogP contribution in [-0.4, -0.2) is 37.8 Å². The predicted molar refractivity (Wildman–Crippen MR) is 91.5 cm³/mol. The molecule has 3 heterocycles. The highest BCUT2D eigenvalue weighted by molar-refractivity contribution is 5.98. The Morgan fingerprint density at radius 1 is 1.20 bits per heavy atom. The maximum absolute atomic E-state index is 11.4. The number of rotatable bonds is 4. The third-order valence-electron chi connectivity index (χ3n) is 3.83. The predicted octanol–water partition coefficient (Wildman–Crippen LogP) is 2.73. The highest BCUT2D eigenvalue weighted by atomic mass is 16.5. The van der Waals surface area contributed by atoms with Gasteiger partial charge in [-0.1, -0.05) is 0 Å². The standard InChI is InChI=1S/C17H13N5O3/c1-25-11-4-2-10(3-5-11)20-15-12-6-7-18-9-14(12)22-16(21-15)13(8-19-22)17(23)24/h2-9H,1H3,(H,20,21)(H,23,24). The van der Waals surface area contributed by atoms with Gasteiger partial charge in [0.15, 0.2) is 5.65 Å². The number of fused-ring (bicyclic) bond motifs is 3. The summed E-state index contributed by atoms with van der Waals surface area (Å²) >= 11 is 0. The molecule has 3 aromatic heterocycles. The summed E-state index contributed by atoms with van der Waals surface area (Å²) in [6.45, 7) is 0. The van der Waals surface area contributed by atoms with Gasteiger partial charge in [-0.25, -0.2) is 14.3 Å². The third kappa shape index (κ3) is 2.49. The van der Waals surface area contributed by atoms with Crippen LogP contribution < -0.4 is 10.1 Å². The summed E-state index contributed by atoms with van der Waals surface area (Å²) < 4.78 is 6.63. The molecule has 2 N–H and O–H groups in total. The molecule has 0 unspecified atom stereocenters. The van der Waals surface area contributed by atoms with Gasteiger partial charge < -0.3 is 15.2 Å². The molecule has 0 radical (unpaired) electrons. The zero-order valence-electron chi connectivity index (χ0n) is 13.2. The number of carboxylic acid groups (broad SMARTS) is 1. The molecule has 0 aliphatic rings. The first-order valence-corrected chi connectivity index (χ1v) is 7.43. The second kappa shape index (κ2) is 5.75. The molecule has 0 aliphatic carbocycles. The molecule has 0 fully saturated rings. The van der Waals surface area contributed by atoms with Crippen molar-refractivity contribution < 1.29 is 14.6 Å². The summed E-state index contributed by atoms with van der Waals surface area (Å²) in [7, 11) is 1.60. The number of hydrogen-bond acceptors (Lipinski definition) is 6.